The first-order valence-corrected chi connectivity index (χ1v) is 6.86. The van der Waals surface area contributed by atoms with Crippen molar-refractivity contribution in [3.8, 4) is 5.75 Å². The van der Waals surface area contributed by atoms with E-state index in [0.29, 0.717) is 0 Å². The second-order valence-corrected chi connectivity index (χ2v) is 5.10. The zero-order valence-corrected chi connectivity index (χ0v) is 12.8. The first-order chi connectivity index (χ1) is 10.1. The number of aromatic carboxylic acids is 1. The minimum Gasteiger partial charge on any atom is -0.483 e. The molecule has 0 aliphatic rings. The molecule has 21 heavy (non-hydrogen) atoms. The Morgan fingerprint density at radius 1 is 1.29 bits per heavy atom. The predicted octanol–water partition coefficient (Wildman–Crippen LogP) is 1.80. The summed E-state index contributed by atoms with van der Waals surface area (Å²) in [6, 6.07) is 6.30. The lowest BCUT2D eigenvalue weighted by atomic mass is 10.2. The van der Waals surface area contributed by atoms with E-state index in [1.54, 1.807) is 12.1 Å². The van der Waals surface area contributed by atoms with Crippen molar-refractivity contribution in [3.05, 3.63) is 45.8 Å². The first kappa shape index (κ1) is 15.2. The van der Waals surface area contributed by atoms with Crippen LogP contribution in [-0.2, 0) is 4.79 Å². The normalized spacial score (nSPS) is 9.95. The van der Waals surface area contributed by atoms with Crippen molar-refractivity contribution in [2.45, 2.75) is 0 Å². The standard InChI is InChI=1S/C13H10IN3O4/c14-8-2-3-10(9(6-8)12(19)20)21-7-11(18)17-13-15-4-1-5-16-13/h1-6H,7H2,(H,19,20)(H,15,16,17,18). The molecule has 2 rings (SSSR count). The number of hydrogen-bond acceptors (Lipinski definition) is 5. The fourth-order valence-electron chi connectivity index (χ4n) is 1.46. The number of carboxylic acids is 1. The molecule has 1 heterocycles. The Kier molecular flexibility index (Phi) is 5.04. The van der Waals surface area contributed by atoms with Crippen molar-refractivity contribution < 1.29 is 19.4 Å². The van der Waals surface area contributed by atoms with E-state index >= 15 is 0 Å². The van der Waals surface area contributed by atoms with Gasteiger partial charge in [-0.05, 0) is 46.9 Å². The monoisotopic (exact) mass is 399 g/mol. The van der Waals surface area contributed by atoms with Gasteiger partial charge in [-0.3, -0.25) is 10.1 Å². The van der Waals surface area contributed by atoms with Gasteiger partial charge in [0.2, 0.25) is 5.95 Å². The number of ether oxygens (including phenoxy) is 1. The molecular formula is C13H10IN3O4. The lowest BCUT2D eigenvalue weighted by Crippen LogP contribution is -2.22. The third-order valence-corrected chi connectivity index (χ3v) is 3.02. The number of hydrogen-bond donors (Lipinski definition) is 2. The van der Waals surface area contributed by atoms with Crippen molar-refractivity contribution in [3.63, 3.8) is 0 Å². The average molecular weight is 399 g/mol. The number of benzene rings is 1. The second-order valence-electron chi connectivity index (χ2n) is 3.85. The summed E-state index contributed by atoms with van der Waals surface area (Å²) >= 11 is 2.00. The molecule has 0 bridgehead atoms. The molecule has 0 atom stereocenters. The summed E-state index contributed by atoms with van der Waals surface area (Å²) in [5.74, 6) is -1.30. The van der Waals surface area contributed by atoms with Gasteiger partial charge in [-0.15, -0.1) is 0 Å². The highest BCUT2D eigenvalue weighted by Crippen LogP contribution is 2.21. The molecule has 0 fully saturated rings. The summed E-state index contributed by atoms with van der Waals surface area (Å²) in [4.78, 5) is 30.4. The molecule has 1 aromatic heterocycles. The molecule has 0 spiro atoms. The van der Waals surface area contributed by atoms with Crippen LogP contribution in [0.4, 0.5) is 5.95 Å². The number of rotatable bonds is 5. The molecule has 7 nitrogen and oxygen atoms in total. The van der Waals surface area contributed by atoms with Gasteiger partial charge in [-0.2, -0.15) is 0 Å². The van der Waals surface area contributed by atoms with Crippen molar-refractivity contribution >= 4 is 40.4 Å². The Bertz CT molecular complexity index is 664. The van der Waals surface area contributed by atoms with E-state index in [-0.39, 0.29) is 23.9 Å². The number of nitrogens with one attached hydrogen (secondary N) is 1. The van der Waals surface area contributed by atoms with Crippen LogP contribution in [0.15, 0.2) is 36.7 Å². The van der Waals surface area contributed by atoms with Crippen molar-refractivity contribution in [1.29, 1.82) is 0 Å². The summed E-state index contributed by atoms with van der Waals surface area (Å²) in [6.45, 7) is -0.334. The number of amides is 1. The van der Waals surface area contributed by atoms with Crippen LogP contribution in [0.5, 0.6) is 5.75 Å². The van der Waals surface area contributed by atoms with Crippen LogP contribution in [0.25, 0.3) is 0 Å². The lowest BCUT2D eigenvalue weighted by Gasteiger charge is -2.09. The maximum atomic E-state index is 11.7. The van der Waals surface area contributed by atoms with E-state index in [0.717, 1.165) is 3.57 Å². The van der Waals surface area contributed by atoms with Gasteiger partial charge in [0.15, 0.2) is 6.61 Å². The number of carbonyl (C=O) groups is 2. The third kappa shape index (κ3) is 4.38. The van der Waals surface area contributed by atoms with Gasteiger partial charge >= 0.3 is 5.97 Å². The molecule has 2 N–H and O–H groups in total. The summed E-state index contributed by atoms with van der Waals surface area (Å²) < 4.78 is 6.00. The maximum Gasteiger partial charge on any atom is 0.339 e. The maximum absolute atomic E-state index is 11.7. The van der Waals surface area contributed by atoms with Crippen molar-refractivity contribution in [2.24, 2.45) is 0 Å². The van der Waals surface area contributed by atoms with Gasteiger partial charge in [0.1, 0.15) is 11.3 Å². The molecule has 1 aromatic carbocycles. The van der Waals surface area contributed by atoms with Gasteiger partial charge in [0.25, 0.3) is 5.91 Å². The zero-order valence-electron chi connectivity index (χ0n) is 10.6. The Balaban J connectivity index is 2.00. The Morgan fingerprint density at radius 2 is 2.00 bits per heavy atom. The number of halogens is 1. The van der Waals surface area contributed by atoms with Gasteiger partial charge in [-0.1, -0.05) is 0 Å². The summed E-state index contributed by atoms with van der Waals surface area (Å²) in [7, 11) is 0. The minimum atomic E-state index is -1.12. The van der Waals surface area contributed by atoms with Crippen LogP contribution in [0.2, 0.25) is 0 Å². The smallest absolute Gasteiger partial charge is 0.339 e. The van der Waals surface area contributed by atoms with E-state index in [1.165, 1.54) is 24.5 Å². The molecule has 0 saturated heterocycles. The SMILES string of the molecule is O=C(COc1ccc(I)cc1C(=O)O)Nc1ncccn1. The summed E-state index contributed by atoms with van der Waals surface area (Å²) in [5, 5.41) is 11.5. The van der Waals surface area contributed by atoms with Crippen LogP contribution in [0, 0.1) is 3.57 Å². The molecule has 0 aliphatic heterocycles. The Labute approximate surface area is 133 Å². The predicted molar refractivity (Wildman–Crippen MR) is 82.3 cm³/mol. The quantitative estimate of drug-likeness (QED) is 0.744. The molecular weight excluding hydrogens is 389 g/mol. The second kappa shape index (κ2) is 6.97. The number of carbonyl (C=O) groups excluding carboxylic acids is 1. The Hall–Kier alpha value is -2.23. The fraction of sp³-hybridized carbons (Fsp3) is 0.0769. The highest BCUT2D eigenvalue weighted by molar-refractivity contribution is 14.1. The number of anilines is 1. The van der Waals surface area contributed by atoms with Crippen LogP contribution >= 0.6 is 22.6 Å². The van der Waals surface area contributed by atoms with E-state index in [1.807, 2.05) is 22.6 Å². The number of nitrogens with zero attached hydrogens (tertiary/aromatic N) is 2. The summed E-state index contributed by atoms with van der Waals surface area (Å²) in [5.41, 5.74) is 0.00524. The highest BCUT2D eigenvalue weighted by Gasteiger charge is 2.13. The van der Waals surface area contributed by atoms with Gasteiger partial charge in [0, 0.05) is 16.0 Å². The number of aromatic nitrogens is 2. The van der Waals surface area contributed by atoms with Crippen molar-refractivity contribution in [1.82, 2.24) is 9.97 Å². The highest BCUT2D eigenvalue weighted by atomic mass is 127. The van der Waals surface area contributed by atoms with E-state index in [4.69, 9.17) is 9.84 Å². The van der Waals surface area contributed by atoms with Gasteiger partial charge < -0.3 is 9.84 Å². The topological polar surface area (TPSA) is 101 Å². The minimum absolute atomic E-state index is 0.00524. The third-order valence-electron chi connectivity index (χ3n) is 2.35. The zero-order chi connectivity index (χ0) is 15.2. The molecule has 0 radical (unpaired) electrons. The van der Waals surface area contributed by atoms with Crippen LogP contribution in [-0.4, -0.2) is 33.6 Å². The van der Waals surface area contributed by atoms with Crippen molar-refractivity contribution in [2.75, 3.05) is 11.9 Å². The number of carboxylic acid groups (broad SMARTS) is 1. The van der Waals surface area contributed by atoms with Crippen LogP contribution < -0.4 is 10.1 Å². The average Bonchev–Trinajstić information content (AvgIpc) is 2.47. The lowest BCUT2D eigenvalue weighted by molar-refractivity contribution is -0.118. The van der Waals surface area contributed by atoms with E-state index < -0.39 is 11.9 Å². The molecule has 2 aromatic rings. The Morgan fingerprint density at radius 3 is 2.67 bits per heavy atom. The summed E-state index contributed by atoms with van der Waals surface area (Å²) in [6.07, 6.45) is 2.98. The molecule has 108 valence electrons. The van der Waals surface area contributed by atoms with Gasteiger partial charge in [0.05, 0.1) is 0 Å². The molecule has 0 unspecified atom stereocenters. The molecule has 0 aliphatic carbocycles. The fourth-order valence-corrected chi connectivity index (χ4v) is 1.95. The molecule has 1 amide bonds. The van der Waals surface area contributed by atoms with Gasteiger partial charge in [-0.25, -0.2) is 14.8 Å². The first-order valence-electron chi connectivity index (χ1n) is 5.79. The van der Waals surface area contributed by atoms with Crippen LogP contribution in [0.3, 0.4) is 0 Å². The van der Waals surface area contributed by atoms with E-state index in [9.17, 15) is 9.59 Å². The molecule has 8 heteroatoms. The van der Waals surface area contributed by atoms with Crippen LogP contribution in [0.1, 0.15) is 10.4 Å². The van der Waals surface area contributed by atoms with E-state index in [2.05, 4.69) is 15.3 Å². The largest absolute Gasteiger partial charge is 0.483 e. The molecule has 0 saturated carbocycles.